The summed E-state index contributed by atoms with van der Waals surface area (Å²) in [5, 5.41) is 10.6. The molecule has 0 saturated carbocycles. The van der Waals surface area contributed by atoms with Crippen LogP contribution in [-0.2, 0) is 65.4 Å². The van der Waals surface area contributed by atoms with E-state index in [1.807, 2.05) is 0 Å². The van der Waals surface area contributed by atoms with Crippen LogP contribution in [0.3, 0.4) is 0 Å². The van der Waals surface area contributed by atoms with Crippen molar-refractivity contribution in [2.75, 3.05) is 39.6 Å². The molecule has 0 spiro atoms. The molecule has 17 nitrogen and oxygen atoms in total. The highest BCUT2D eigenvalue weighted by atomic mass is 31.2. The molecule has 0 aliphatic heterocycles. The van der Waals surface area contributed by atoms with Gasteiger partial charge in [-0.15, -0.1) is 0 Å². The average molecular weight is 1300 g/mol. The number of carbonyl (C=O) groups excluding carboxylic acids is 4. The molecule has 0 rings (SSSR count). The van der Waals surface area contributed by atoms with Gasteiger partial charge in [-0.2, -0.15) is 0 Å². The molecular weight excluding hydrogens is 1160 g/mol. The summed E-state index contributed by atoms with van der Waals surface area (Å²) in [7, 11) is -9.90. The SMILES string of the molecule is CCC(C)CCCCCCCCC(=O)OC[C@H](COP(=O)(O)OC[C@H](O)COP(=O)(O)OC[C@@H](COC(=O)CCCCCCCCCCC(C)C)OC(=O)CCCCCCCCC(C)C)OC(=O)CCCCCCCCCCCCCCCCCC(C)C. The summed E-state index contributed by atoms with van der Waals surface area (Å²) < 4.78 is 68.2. The largest absolute Gasteiger partial charge is 0.472 e. The lowest BCUT2D eigenvalue weighted by molar-refractivity contribution is -0.161. The highest BCUT2D eigenvalue weighted by molar-refractivity contribution is 7.47. The second-order valence-corrected chi connectivity index (χ2v) is 29.5. The van der Waals surface area contributed by atoms with Crippen LogP contribution in [0.15, 0.2) is 0 Å². The third-order valence-electron chi connectivity index (χ3n) is 16.2. The van der Waals surface area contributed by atoms with Crippen molar-refractivity contribution in [3.63, 3.8) is 0 Å². The van der Waals surface area contributed by atoms with Crippen molar-refractivity contribution in [3.8, 4) is 0 Å². The molecule has 0 aliphatic carbocycles. The Morgan fingerprint density at radius 1 is 0.318 bits per heavy atom. The quantitative estimate of drug-likeness (QED) is 0.0222. The fraction of sp³-hybridized carbons (Fsp3) is 0.942. The molecule has 0 aromatic rings. The lowest BCUT2D eigenvalue weighted by Gasteiger charge is -2.21. The molecule has 3 N–H and O–H groups in total. The van der Waals surface area contributed by atoms with Crippen molar-refractivity contribution in [2.24, 2.45) is 23.7 Å². The van der Waals surface area contributed by atoms with Gasteiger partial charge in [0.25, 0.3) is 0 Å². The van der Waals surface area contributed by atoms with Gasteiger partial charge >= 0.3 is 39.5 Å². The van der Waals surface area contributed by atoms with E-state index in [0.29, 0.717) is 31.6 Å². The van der Waals surface area contributed by atoms with E-state index >= 15 is 0 Å². The van der Waals surface area contributed by atoms with Crippen LogP contribution in [0.1, 0.15) is 338 Å². The van der Waals surface area contributed by atoms with Gasteiger partial charge in [-0.05, 0) is 49.4 Å². The number of unbranched alkanes of at least 4 members (excludes halogenated alkanes) is 31. The van der Waals surface area contributed by atoms with Crippen LogP contribution in [0.5, 0.6) is 0 Å². The Labute approximate surface area is 537 Å². The van der Waals surface area contributed by atoms with E-state index in [0.717, 1.165) is 114 Å². The van der Waals surface area contributed by atoms with Gasteiger partial charge in [-0.1, -0.05) is 287 Å². The first-order valence-corrected chi connectivity index (χ1v) is 38.7. The first-order valence-electron chi connectivity index (χ1n) is 35.7. The van der Waals surface area contributed by atoms with E-state index in [9.17, 15) is 43.2 Å². The lowest BCUT2D eigenvalue weighted by atomic mass is 10.00. The first kappa shape index (κ1) is 86.1. The summed E-state index contributed by atoms with van der Waals surface area (Å²) in [4.78, 5) is 72.4. The predicted molar refractivity (Wildman–Crippen MR) is 354 cm³/mol. The summed E-state index contributed by atoms with van der Waals surface area (Å²) in [5.74, 6) is 0.792. The number of aliphatic hydroxyl groups is 1. The second kappa shape index (κ2) is 58.8. The Balaban J connectivity index is 5.20. The molecule has 0 aromatic heterocycles. The molecule has 0 aliphatic rings. The van der Waals surface area contributed by atoms with Gasteiger partial charge in [-0.3, -0.25) is 37.3 Å². The Morgan fingerprint density at radius 3 is 0.807 bits per heavy atom. The van der Waals surface area contributed by atoms with Crippen LogP contribution in [0, 0.1) is 23.7 Å². The number of carbonyl (C=O) groups is 4. The first-order chi connectivity index (χ1) is 42.1. The zero-order valence-corrected chi connectivity index (χ0v) is 59.1. The highest BCUT2D eigenvalue weighted by Crippen LogP contribution is 2.45. The third-order valence-corrected chi connectivity index (χ3v) is 18.1. The fourth-order valence-electron chi connectivity index (χ4n) is 10.3. The fourth-order valence-corrected chi connectivity index (χ4v) is 11.9. The van der Waals surface area contributed by atoms with Crippen LogP contribution in [0.4, 0.5) is 0 Å². The maximum atomic E-state index is 13.0. The second-order valence-electron chi connectivity index (χ2n) is 26.6. The molecule has 0 heterocycles. The summed E-state index contributed by atoms with van der Waals surface area (Å²) >= 11 is 0. The third kappa shape index (κ3) is 61.6. The smallest absolute Gasteiger partial charge is 0.462 e. The predicted octanol–water partition coefficient (Wildman–Crippen LogP) is 19.3. The van der Waals surface area contributed by atoms with Gasteiger partial charge in [0.2, 0.25) is 0 Å². The minimum absolute atomic E-state index is 0.101. The number of hydrogen-bond acceptors (Lipinski definition) is 15. The Bertz CT molecular complexity index is 1750. The number of aliphatic hydroxyl groups excluding tert-OH is 1. The van der Waals surface area contributed by atoms with Crippen molar-refractivity contribution in [3.05, 3.63) is 0 Å². The van der Waals surface area contributed by atoms with E-state index in [4.69, 9.17) is 37.0 Å². The summed E-state index contributed by atoms with van der Waals surface area (Å²) in [6, 6.07) is 0. The highest BCUT2D eigenvalue weighted by Gasteiger charge is 2.30. The number of rotatable bonds is 66. The standard InChI is InChI=1S/C69H134O17P2/c1-9-62(8)48-40-32-26-28-34-42-50-67(72)80-56-64(85-68(73)51-43-35-24-18-16-14-12-10-11-13-15-17-21-29-37-45-59(2)3)57-83-87(75,76)81-53-63(70)54-82-88(77,78)84-58-65(86-69(74)52-44-36-27-25-31-39-47-61(6)7)55-79-66(71)49-41-33-23-20-19-22-30-38-46-60(4)5/h59-65,70H,9-58H2,1-8H3,(H,75,76)(H,77,78)/t62?,63-,64+,65+/m0/s1. The molecule has 0 saturated heterocycles. The zero-order valence-electron chi connectivity index (χ0n) is 57.3. The number of phosphoric ester groups is 2. The van der Waals surface area contributed by atoms with Crippen molar-refractivity contribution >= 4 is 39.5 Å². The van der Waals surface area contributed by atoms with E-state index in [1.54, 1.807) is 0 Å². The van der Waals surface area contributed by atoms with E-state index in [1.165, 1.54) is 135 Å². The van der Waals surface area contributed by atoms with Crippen molar-refractivity contribution < 1.29 is 80.2 Å². The van der Waals surface area contributed by atoms with E-state index in [2.05, 4.69) is 55.4 Å². The average Bonchev–Trinajstić information content (AvgIpc) is 3.66. The van der Waals surface area contributed by atoms with Crippen LogP contribution in [0.25, 0.3) is 0 Å². The molecule has 3 unspecified atom stereocenters. The normalized spacial score (nSPS) is 14.6. The Hall–Kier alpha value is -1.94. The number of hydrogen-bond donors (Lipinski definition) is 3. The van der Waals surface area contributed by atoms with E-state index in [-0.39, 0.29) is 25.7 Å². The molecule has 6 atom stereocenters. The molecule has 19 heteroatoms. The molecule has 0 radical (unpaired) electrons. The van der Waals surface area contributed by atoms with Crippen LogP contribution in [-0.4, -0.2) is 96.7 Å². The lowest BCUT2D eigenvalue weighted by Crippen LogP contribution is -2.30. The summed E-state index contributed by atoms with van der Waals surface area (Å²) in [6.45, 7) is 14.0. The molecule has 0 amide bonds. The molecule has 88 heavy (non-hydrogen) atoms. The van der Waals surface area contributed by atoms with Gasteiger partial charge in [0.05, 0.1) is 26.4 Å². The van der Waals surface area contributed by atoms with Crippen LogP contribution >= 0.6 is 15.6 Å². The van der Waals surface area contributed by atoms with Gasteiger partial charge in [-0.25, -0.2) is 9.13 Å². The molecule has 0 bridgehead atoms. The number of phosphoric acid groups is 2. The van der Waals surface area contributed by atoms with Crippen molar-refractivity contribution in [1.82, 2.24) is 0 Å². The molecular formula is C69H134O17P2. The maximum Gasteiger partial charge on any atom is 0.472 e. The van der Waals surface area contributed by atoms with Gasteiger partial charge in [0.1, 0.15) is 19.3 Å². The van der Waals surface area contributed by atoms with Gasteiger partial charge < -0.3 is 33.8 Å². The Kier molecular flexibility index (Phi) is 57.6. The monoisotopic (exact) mass is 1300 g/mol. The number of ether oxygens (including phenoxy) is 4. The molecule has 0 aromatic carbocycles. The minimum Gasteiger partial charge on any atom is -0.462 e. The van der Waals surface area contributed by atoms with Crippen LogP contribution < -0.4 is 0 Å². The summed E-state index contributed by atoms with van der Waals surface area (Å²) in [6.07, 6.45) is 40.6. The number of esters is 4. The topological polar surface area (TPSA) is 237 Å². The molecule has 522 valence electrons. The zero-order chi connectivity index (χ0) is 65.4. The van der Waals surface area contributed by atoms with Crippen LogP contribution in [0.2, 0.25) is 0 Å². The van der Waals surface area contributed by atoms with Crippen molar-refractivity contribution in [1.29, 1.82) is 0 Å². The van der Waals surface area contributed by atoms with E-state index < -0.39 is 97.5 Å². The molecule has 0 fully saturated rings. The summed E-state index contributed by atoms with van der Waals surface area (Å²) in [5.41, 5.74) is 0. The van der Waals surface area contributed by atoms with Gasteiger partial charge in [0.15, 0.2) is 12.2 Å². The van der Waals surface area contributed by atoms with Gasteiger partial charge in [0, 0.05) is 25.7 Å². The van der Waals surface area contributed by atoms with Crippen molar-refractivity contribution in [2.45, 2.75) is 356 Å². The minimum atomic E-state index is -4.95. The maximum absolute atomic E-state index is 13.0. The Morgan fingerprint density at radius 2 is 0.545 bits per heavy atom.